The van der Waals surface area contributed by atoms with Gasteiger partial charge in [-0.2, -0.15) is 0 Å². The van der Waals surface area contributed by atoms with Gasteiger partial charge in [0.25, 0.3) is 5.91 Å². The van der Waals surface area contributed by atoms with Crippen LogP contribution in [0.4, 0.5) is 5.69 Å². The summed E-state index contributed by atoms with van der Waals surface area (Å²) >= 11 is 0. The van der Waals surface area contributed by atoms with Gasteiger partial charge in [0.1, 0.15) is 30.5 Å². The number of amides is 1. The van der Waals surface area contributed by atoms with Gasteiger partial charge in [-0.05, 0) is 54.3 Å². The standard InChI is InChI=1S/C27H31NO4/c1-20(32-24-15-13-21(14-16-24)27(2,3)4)26(29)28-22-9-8-12-25(19-22)31-18-17-30-23-10-6-5-7-11-23/h5-16,19-20H,17-18H2,1-4H3,(H,28,29). The van der Waals surface area contributed by atoms with Gasteiger partial charge in [0.05, 0.1) is 0 Å². The summed E-state index contributed by atoms with van der Waals surface area (Å²) in [4.78, 5) is 12.6. The SMILES string of the molecule is CC(Oc1ccc(C(C)(C)C)cc1)C(=O)Nc1cccc(OCCOc2ccccc2)c1. The zero-order chi connectivity index (χ0) is 23.0. The summed E-state index contributed by atoms with van der Waals surface area (Å²) in [5, 5.41) is 2.88. The van der Waals surface area contributed by atoms with Gasteiger partial charge in [-0.15, -0.1) is 0 Å². The summed E-state index contributed by atoms with van der Waals surface area (Å²) in [6, 6.07) is 24.7. The molecule has 0 radical (unpaired) electrons. The molecule has 0 aromatic heterocycles. The normalized spacial score (nSPS) is 12.0. The number of benzene rings is 3. The van der Waals surface area contributed by atoms with Gasteiger partial charge in [0.15, 0.2) is 6.10 Å². The molecule has 1 N–H and O–H groups in total. The molecule has 3 aromatic carbocycles. The molecular weight excluding hydrogens is 402 g/mol. The Hall–Kier alpha value is -3.47. The maximum absolute atomic E-state index is 12.6. The lowest BCUT2D eigenvalue weighted by Crippen LogP contribution is -2.30. The minimum absolute atomic E-state index is 0.0717. The van der Waals surface area contributed by atoms with Gasteiger partial charge in [0.2, 0.25) is 0 Å². The van der Waals surface area contributed by atoms with Crippen LogP contribution in [-0.4, -0.2) is 25.2 Å². The Balaban J connectivity index is 1.48. The van der Waals surface area contributed by atoms with Crippen molar-refractivity contribution in [3.05, 3.63) is 84.4 Å². The van der Waals surface area contributed by atoms with Gasteiger partial charge >= 0.3 is 0 Å². The molecule has 168 valence electrons. The van der Waals surface area contributed by atoms with Crippen molar-refractivity contribution in [3.63, 3.8) is 0 Å². The Morgan fingerprint density at radius 1 is 0.812 bits per heavy atom. The number of hydrogen-bond donors (Lipinski definition) is 1. The van der Waals surface area contributed by atoms with Crippen LogP contribution in [0.2, 0.25) is 0 Å². The molecule has 1 unspecified atom stereocenters. The Morgan fingerprint density at radius 2 is 1.44 bits per heavy atom. The highest BCUT2D eigenvalue weighted by Crippen LogP contribution is 2.25. The van der Waals surface area contributed by atoms with Crippen LogP contribution in [0, 0.1) is 0 Å². The van der Waals surface area contributed by atoms with Crippen molar-refractivity contribution in [1.29, 1.82) is 0 Å². The molecule has 1 atom stereocenters. The molecule has 0 saturated heterocycles. The van der Waals surface area contributed by atoms with Crippen LogP contribution in [0.5, 0.6) is 17.2 Å². The van der Waals surface area contributed by atoms with E-state index in [2.05, 4.69) is 26.1 Å². The Kier molecular flexibility index (Phi) is 7.77. The Bertz CT molecular complexity index is 994. The number of hydrogen-bond acceptors (Lipinski definition) is 4. The van der Waals surface area contributed by atoms with E-state index in [9.17, 15) is 4.79 Å². The van der Waals surface area contributed by atoms with E-state index in [0.717, 1.165) is 5.75 Å². The maximum atomic E-state index is 12.6. The lowest BCUT2D eigenvalue weighted by atomic mass is 9.87. The molecule has 0 spiro atoms. The first-order valence-corrected chi connectivity index (χ1v) is 10.8. The van der Waals surface area contributed by atoms with Crippen LogP contribution in [-0.2, 0) is 10.2 Å². The van der Waals surface area contributed by atoms with Gasteiger partial charge < -0.3 is 19.5 Å². The van der Waals surface area contributed by atoms with Crippen LogP contribution in [0.1, 0.15) is 33.3 Å². The molecule has 1 amide bonds. The van der Waals surface area contributed by atoms with Gasteiger partial charge in [-0.1, -0.05) is 57.2 Å². The number of carbonyl (C=O) groups is 1. The van der Waals surface area contributed by atoms with Crippen molar-refractivity contribution in [3.8, 4) is 17.2 Å². The third kappa shape index (κ3) is 7.05. The first-order chi connectivity index (χ1) is 15.3. The average Bonchev–Trinajstić information content (AvgIpc) is 2.77. The number of rotatable bonds is 9. The first kappa shape index (κ1) is 23.2. The van der Waals surface area contributed by atoms with Crippen molar-refractivity contribution < 1.29 is 19.0 Å². The van der Waals surface area contributed by atoms with Crippen molar-refractivity contribution >= 4 is 11.6 Å². The van der Waals surface area contributed by atoms with E-state index in [1.807, 2.05) is 72.8 Å². The van der Waals surface area contributed by atoms with Crippen LogP contribution in [0.3, 0.4) is 0 Å². The second-order valence-corrected chi connectivity index (χ2v) is 8.56. The smallest absolute Gasteiger partial charge is 0.265 e. The molecular formula is C27H31NO4. The molecule has 3 aromatic rings. The fourth-order valence-electron chi connectivity index (χ4n) is 3.03. The Labute approximate surface area is 190 Å². The third-order valence-electron chi connectivity index (χ3n) is 4.87. The van der Waals surface area contributed by atoms with Crippen molar-refractivity contribution in [1.82, 2.24) is 0 Å². The topological polar surface area (TPSA) is 56.8 Å². The number of para-hydroxylation sites is 1. The molecule has 0 aliphatic carbocycles. The average molecular weight is 434 g/mol. The second kappa shape index (κ2) is 10.7. The summed E-state index contributed by atoms with van der Waals surface area (Å²) in [6.45, 7) is 9.04. The number of ether oxygens (including phenoxy) is 3. The van der Waals surface area contributed by atoms with Crippen LogP contribution in [0.25, 0.3) is 0 Å². The van der Waals surface area contributed by atoms with Crippen molar-refractivity contribution in [2.75, 3.05) is 18.5 Å². The van der Waals surface area contributed by atoms with Gasteiger partial charge in [0, 0.05) is 11.8 Å². The molecule has 0 aliphatic rings. The summed E-state index contributed by atoms with van der Waals surface area (Å²) in [5.41, 5.74) is 1.94. The molecule has 0 heterocycles. The molecule has 5 heteroatoms. The molecule has 5 nitrogen and oxygen atoms in total. The summed E-state index contributed by atoms with van der Waals surface area (Å²) in [7, 11) is 0. The first-order valence-electron chi connectivity index (χ1n) is 10.8. The number of nitrogens with one attached hydrogen (secondary N) is 1. The van der Waals surface area contributed by atoms with Crippen molar-refractivity contribution in [2.45, 2.75) is 39.2 Å². The van der Waals surface area contributed by atoms with Gasteiger partial charge in [-0.25, -0.2) is 0 Å². The lowest BCUT2D eigenvalue weighted by molar-refractivity contribution is -0.122. The second-order valence-electron chi connectivity index (χ2n) is 8.56. The highest BCUT2D eigenvalue weighted by Gasteiger charge is 2.17. The predicted molar refractivity (Wildman–Crippen MR) is 128 cm³/mol. The predicted octanol–water partition coefficient (Wildman–Crippen LogP) is 5.85. The lowest BCUT2D eigenvalue weighted by Gasteiger charge is -2.20. The minimum atomic E-state index is -0.640. The quantitative estimate of drug-likeness (QED) is 0.430. The maximum Gasteiger partial charge on any atom is 0.265 e. The van der Waals surface area contributed by atoms with E-state index in [1.54, 1.807) is 13.0 Å². The number of anilines is 1. The molecule has 3 rings (SSSR count). The van der Waals surface area contributed by atoms with E-state index >= 15 is 0 Å². The summed E-state index contributed by atoms with van der Waals surface area (Å²) < 4.78 is 17.2. The van der Waals surface area contributed by atoms with E-state index in [4.69, 9.17) is 14.2 Å². The zero-order valence-electron chi connectivity index (χ0n) is 19.1. The highest BCUT2D eigenvalue weighted by molar-refractivity contribution is 5.94. The Morgan fingerprint density at radius 3 is 2.09 bits per heavy atom. The third-order valence-corrected chi connectivity index (χ3v) is 4.87. The van der Waals surface area contributed by atoms with E-state index in [-0.39, 0.29) is 11.3 Å². The van der Waals surface area contributed by atoms with Crippen LogP contribution in [0.15, 0.2) is 78.9 Å². The highest BCUT2D eigenvalue weighted by atomic mass is 16.5. The minimum Gasteiger partial charge on any atom is -0.490 e. The van der Waals surface area contributed by atoms with Crippen LogP contribution < -0.4 is 19.5 Å². The van der Waals surface area contributed by atoms with E-state index in [1.165, 1.54) is 5.56 Å². The van der Waals surface area contributed by atoms with E-state index in [0.29, 0.717) is 30.4 Å². The molecule has 0 aliphatic heterocycles. The van der Waals surface area contributed by atoms with Crippen molar-refractivity contribution in [2.24, 2.45) is 0 Å². The fraction of sp³-hybridized carbons (Fsp3) is 0.296. The largest absolute Gasteiger partial charge is 0.490 e. The molecule has 0 bridgehead atoms. The zero-order valence-corrected chi connectivity index (χ0v) is 19.1. The molecule has 32 heavy (non-hydrogen) atoms. The fourth-order valence-corrected chi connectivity index (χ4v) is 3.03. The summed E-state index contributed by atoms with van der Waals surface area (Å²) in [6.07, 6.45) is -0.640. The molecule has 0 fully saturated rings. The van der Waals surface area contributed by atoms with E-state index < -0.39 is 6.10 Å². The summed E-state index contributed by atoms with van der Waals surface area (Å²) in [5.74, 6) is 1.90. The molecule has 0 saturated carbocycles. The van der Waals surface area contributed by atoms with Gasteiger partial charge in [-0.3, -0.25) is 4.79 Å². The number of carbonyl (C=O) groups excluding carboxylic acids is 1. The van der Waals surface area contributed by atoms with Crippen LogP contribution >= 0.6 is 0 Å². The monoisotopic (exact) mass is 433 g/mol.